The molecule has 1 atom stereocenters. The van der Waals surface area contributed by atoms with Gasteiger partial charge in [-0.3, -0.25) is 0 Å². The number of hydrogen-bond acceptors (Lipinski definition) is 7. The summed E-state index contributed by atoms with van der Waals surface area (Å²) in [5.41, 5.74) is 0.133. The number of alkyl carbamates (subject to hydrolysis) is 1. The highest BCUT2D eigenvalue weighted by atomic mass is 16.6. The van der Waals surface area contributed by atoms with Gasteiger partial charge in [-0.15, -0.1) is 0 Å². The van der Waals surface area contributed by atoms with Crippen LogP contribution < -0.4 is 10.1 Å². The van der Waals surface area contributed by atoms with E-state index in [-0.39, 0.29) is 5.89 Å². The Balaban J connectivity index is 2.07. The zero-order valence-corrected chi connectivity index (χ0v) is 13.8. The van der Waals surface area contributed by atoms with Crippen LogP contribution in [-0.2, 0) is 4.74 Å². The van der Waals surface area contributed by atoms with E-state index in [0.29, 0.717) is 17.3 Å². The highest BCUT2D eigenvalue weighted by Gasteiger charge is 2.21. The van der Waals surface area contributed by atoms with Crippen LogP contribution in [0.2, 0.25) is 0 Å². The fraction of sp³-hybridized carbons (Fsp3) is 0.467. The SMILES string of the molecule is COc1cc(-c2noc(C(C)NC(=O)OC(C)(C)C)n2)ccn1. The van der Waals surface area contributed by atoms with E-state index in [9.17, 15) is 4.79 Å². The predicted octanol–water partition coefficient (Wildman–Crippen LogP) is 2.73. The minimum Gasteiger partial charge on any atom is -0.481 e. The lowest BCUT2D eigenvalue weighted by molar-refractivity contribution is 0.0499. The first-order chi connectivity index (χ1) is 10.8. The highest BCUT2D eigenvalue weighted by Crippen LogP contribution is 2.21. The van der Waals surface area contributed by atoms with Gasteiger partial charge in [0.1, 0.15) is 11.6 Å². The second-order valence-electron chi connectivity index (χ2n) is 5.91. The van der Waals surface area contributed by atoms with Crippen molar-refractivity contribution in [3.05, 3.63) is 24.2 Å². The van der Waals surface area contributed by atoms with E-state index in [1.54, 1.807) is 46.0 Å². The Morgan fingerprint density at radius 1 is 1.39 bits per heavy atom. The average Bonchev–Trinajstić information content (AvgIpc) is 2.95. The quantitative estimate of drug-likeness (QED) is 0.924. The number of methoxy groups -OCH3 is 1. The smallest absolute Gasteiger partial charge is 0.408 e. The summed E-state index contributed by atoms with van der Waals surface area (Å²) >= 11 is 0. The Morgan fingerprint density at radius 3 is 2.78 bits per heavy atom. The number of rotatable bonds is 4. The molecule has 124 valence electrons. The van der Waals surface area contributed by atoms with Gasteiger partial charge >= 0.3 is 6.09 Å². The van der Waals surface area contributed by atoms with Crippen molar-refractivity contribution >= 4 is 6.09 Å². The van der Waals surface area contributed by atoms with Gasteiger partial charge in [-0.1, -0.05) is 5.16 Å². The van der Waals surface area contributed by atoms with E-state index in [1.807, 2.05) is 0 Å². The molecule has 0 spiro atoms. The van der Waals surface area contributed by atoms with E-state index in [2.05, 4.69) is 20.4 Å². The zero-order valence-electron chi connectivity index (χ0n) is 13.8. The van der Waals surface area contributed by atoms with Crippen molar-refractivity contribution < 1.29 is 18.8 Å². The Hall–Kier alpha value is -2.64. The molecule has 0 aliphatic rings. The van der Waals surface area contributed by atoms with Crippen LogP contribution in [0.15, 0.2) is 22.9 Å². The predicted molar refractivity (Wildman–Crippen MR) is 81.9 cm³/mol. The molecule has 0 aliphatic heterocycles. The van der Waals surface area contributed by atoms with Crippen LogP contribution in [0.3, 0.4) is 0 Å². The molecule has 1 amide bonds. The van der Waals surface area contributed by atoms with Gasteiger partial charge in [0, 0.05) is 17.8 Å². The first kappa shape index (κ1) is 16.7. The second kappa shape index (κ2) is 6.64. The van der Waals surface area contributed by atoms with Gasteiger partial charge in [-0.2, -0.15) is 4.98 Å². The number of nitrogens with zero attached hydrogens (tertiary/aromatic N) is 3. The molecule has 0 saturated heterocycles. The number of aromatic nitrogens is 3. The third-order valence-corrected chi connectivity index (χ3v) is 2.75. The van der Waals surface area contributed by atoms with E-state index < -0.39 is 17.7 Å². The maximum Gasteiger partial charge on any atom is 0.408 e. The van der Waals surface area contributed by atoms with Gasteiger partial charge < -0.3 is 19.3 Å². The summed E-state index contributed by atoms with van der Waals surface area (Å²) in [4.78, 5) is 20.0. The molecule has 23 heavy (non-hydrogen) atoms. The maximum atomic E-state index is 11.8. The fourth-order valence-electron chi connectivity index (χ4n) is 1.73. The molecule has 8 heteroatoms. The summed E-state index contributed by atoms with van der Waals surface area (Å²) in [5, 5.41) is 6.55. The van der Waals surface area contributed by atoms with Gasteiger partial charge in [-0.05, 0) is 33.8 Å². The molecule has 1 unspecified atom stereocenters. The number of carbonyl (C=O) groups excluding carboxylic acids is 1. The first-order valence-electron chi connectivity index (χ1n) is 7.12. The summed E-state index contributed by atoms with van der Waals surface area (Å²) < 4.78 is 15.4. The Morgan fingerprint density at radius 2 is 2.13 bits per heavy atom. The minimum absolute atomic E-state index is 0.279. The lowest BCUT2D eigenvalue weighted by atomic mass is 10.2. The van der Waals surface area contributed by atoms with Crippen molar-refractivity contribution in [3.8, 4) is 17.3 Å². The van der Waals surface area contributed by atoms with E-state index in [0.717, 1.165) is 0 Å². The van der Waals surface area contributed by atoms with E-state index in [1.165, 1.54) is 7.11 Å². The molecule has 0 aromatic carbocycles. The molecule has 2 aromatic heterocycles. The van der Waals surface area contributed by atoms with Crippen LogP contribution in [0.4, 0.5) is 4.79 Å². The van der Waals surface area contributed by atoms with Crippen LogP contribution in [0.25, 0.3) is 11.4 Å². The number of nitrogens with one attached hydrogen (secondary N) is 1. The van der Waals surface area contributed by atoms with Gasteiger partial charge in [0.05, 0.1) is 7.11 Å². The van der Waals surface area contributed by atoms with Crippen LogP contribution in [0.5, 0.6) is 5.88 Å². The van der Waals surface area contributed by atoms with Crippen molar-refractivity contribution in [1.29, 1.82) is 0 Å². The van der Waals surface area contributed by atoms with Crippen LogP contribution in [0.1, 0.15) is 39.6 Å². The monoisotopic (exact) mass is 320 g/mol. The normalized spacial score (nSPS) is 12.6. The van der Waals surface area contributed by atoms with E-state index >= 15 is 0 Å². The molecule has 0 bridgehead atoms. The largest absolute Gasteiger partial charge is 0.481 e. The van der Waals surface area contributed by atoms with Gasteiger partial charge in [-0.25, -0.2) is 9.78 Å². The van der Waals surface area contributed by atoms with Crippen LogP contribution in [0, 0.1) is 0 Å². The lowest BCUT2D eigenvalue weighted by Gasteiger charge is -2.20. The average molecular weight is 320 g/mol. The van der Waals surface area contributed by atoms with Crippen molar-refractivity contribution in [2.45, 2.75) is 39.3 Å². The summed E-state index contributed by atoms with van der Waals surface area (Å²) in [6, 6.07) is 2.96. The molecular formula is C15H20N4O4. The molecule has 0 fully saturated rings. The molecule has 0 saturated carbocycles. The molecule has 1 N–H and O–H groups in total. The number of hydrogen-bond donors (Lipinski definition) is 1. The first-order valence-corrected chi connectivity index (χ1v) is 7.12. The summed E-state index contributed by atoms with van der Waals surface area (Å²) in [6.45, 7) is 7.10. The topological polar surface area (TPSA) is 99.4 Å². The molecule has 2 heterocycles. The molecule has 2 rings (SSSR count). The van der Waals surface area contributed by atoms with Gasteiger partial charge in [0.15, 0.2) is 0 Å². The second-order valence-corrected chi connectivity index (χ2v) is 5.91. The summed E-state index contributed by atoms with van der Waals surface area (Å²) in [7, 11) is 1.53. The van der Waals surface area contributed by atoms with Crippen molar-refractivity contribution in [3.63, 3.8) is 0 Å². The Labute approximate surface area is 134 Å². The van der Waals surface area contributed by atoms with Crippen LogP contribution in [-0.4, -0.2) is 33.9 Å². The fourth-order valence-corrected chi connectivity index (χ4v) is 1.73. The van der Waals surface area contributed by atoms with Gasteiger partial charge in [0.25, 0.3) is 0 Å². The molecule has 2 aromatic rings. The van der Waals surface area contributed by atoms with Gasteiger partial charge in [0.2, 0.25) is 17.6 Å². The van der Waals surface area contributed by atoms with Crippen molar-refractivity contribution in [2.75, 3.05) is 7.11 Å². The molecule has 8 nitrogen and oxygen atoms in total. The minimum atomic E-state index is -0.572. The highest BCUT2D eigenvalue weighted by molar-refractivity contribution is 5.68. The Bertz CT molecular complexity index is 678. The molecule has 0 radical (unpaired) electrons. The molecule has 0 aliphatic carbocycles. The number of pyridine rings is 1. The summed E-state index contributed by atoms with van der Waals surface area (Å²) in [6.07, 6.45) is 1.04. The number of carbonyl (C=O) groups is 1. The Kier molecular flexibility index (Phi) is 4.83. The van der Waals surface area contributed by atoms with Crippen LogP contribution >= 0.6 is 0 Å². The summed E-state index contributed by atoms with van der Waals surface area (Å²) in [5.74, 6) is 1.12. The number of amides is 1. The van der Waals surface area contributed by atoms with Crippen molar-refractivity contribution in [1.82, 2.24) is 20.4 Å². The van der Waals surface area contributed by atoms with Crippen molar-refractivity contribution in [2.24, 2.45) is 0 Å². The van der Waals surface area contributed by atoms with E-state index in [4.69, 9.17) is 14.0 Å². The third kappa shape index (κ3) is 4.67. The number of ether oxygens (including phenoxy) is 2. The lowest BCUT2D eigenvalue weighted by Crippen LogP contribution is -2.34. The maximum absolute atomic E-state index is 11.8. The third-order valence-electron chi connectivity index (χ3n) is 2.75. The molecular weight excluding hydrogens is 300 g/mol. The standard InChI is InChI=1S/C15H20N4O4/c1-9(17-14(20)22-15(2,3)4)13-18-12(19-23-13)10-6-7-16-11(8-10)21-5/h6-9H,1-5H3,(H,17,20). The zero-order chi connectivity index (χ0) is 17.0.